The highest BCUT2D eigenvalue weighted by molar-refractivity contribution is 5.90. The number of nitrogens with one attached hydrogen (secondary N) is 3. The van der Waals surface area contributed by atoms with Crippen LogP contribution in [-0.4, -0.2) is 69.8 Å². The molecule has 0 heterocycles. The van der Waals surface area contributed by atoms with Gasteiger partial charge in [-0.15, -0.1) is 0 Å². The van der Waals surface area contributed by atoms with Gasteiger partial charge >= 0.3 is 24.0 Å². The highest BCUT2D eigenvalue weighted by Crippen LogP contribution is 2.02. The maximum Gasteiger partial charge on any atom is 0.407 e. The topological polar surface area (TPSA) is 208 Å². The highest BCUT2D eigenvalue weighted by Gasteiger charge is 2.26. The molecule has 0 spiro atoms. The summed E-state index contributed by atoms with van der Waals surface area (Å²) in [6.45, 7) is -0.132. The Morgan fingerprint density at radius 1 is 0.818 bits per heavy atom. The molecule has 0 saturated heterocycles. The van der Waals surface area contributed by atoms with Crippen molar-refractivity contribution in [2.45, 2.75) is 44.4 Å². The van der Waals surface area contributed by atoms with Gasteiger partial charge < -0.3 is 36.0 Å². The van der Waals surface area contributed by atoms with Crippen LogP contribution in [0.3, 0.4) is 0 Å². The zero-order valence-electron chi connectivity index (χ0n) is 17.5. The Morgan fingerprint density at radius 2 is 1.42 bits per heavy atom. The molecule has 2 atom stereocenters. The van der Waals surface area contributed by atoms with Crippen molar-refractivity contribution in [3.63, 3.8) is 0 Å². The van der Waals surface area contributed by atoms with Crippen LogP contribution in [0.15, 0.2) is 30.3 Å². The number of ether oxygens (including phenoxy) is 1. The zero-order chi connectivity index (χ0) is 24.8. The van der Waals surface area contributed by atoms with Gasteiger partial charge in [-0.05, 0) is 12.0 Å². The number of hydrogen-bond donors (Lipinski definition) is 6. The lowest BCUT2D eigenvalue weighted by molar-refractivity contribution is -0.145. The van der Waals surface area contributed by atoms with Gasteiger partial charge in [0.05, 0.1) is 6.42 Å². The predicted molar refractivity (Wildman–Crippen MR) is 110 cm³/mol. The molecule has 0 unspecified atom stereocenters. The molecule has 1 aromatic rings. The van der Waals surface area contributed by atoms with Gasteiger partial charge in [0.2, 0.25) is 11.8 Å². The SMILES string of the molecule is O=C(O)CC[C@H](NC(=O)C[C@@H](NC(=O)CCNC(=O)OCc1ccccc1)C(=O)O)C(=O)O. The van der Waals surface area contributed by atoms with Gasteiger partial charge in [0.1, 0.15) is 18.7 Å². The van der Waals surface area contributed by atoms with Crippen molar-refractivity contribution in [2.75, 3.05) is 6.54 Å². The summed E-state index contributed by atoms with van der Waals surface area (Å²) in [6.07, 6.45) is -2.77. The first kappa shape index (κ1) is 26.9. The summed E-state index contributed by atoms with van der Waals surface area (Å²) in [5.74, 6) is -6.05. The molecule has 0 fully saturated rings. The summed E-state index contributed by atoms with van der Waals surface area (Å²) < 4.78 is 4.96. The molecule has 13 nitrogen and oxygen atoms in total. The predicted octanol–water partition coefficient (Wildman–Crippen LogP) is -0.303. The zero-order valence-corrected chi connectivity index (χ0v) is 17.5. The third-order valence-electron chi connectivity index (χ3n) is 4.14. The second kappa shape index (κ2) is 14.0. The van der Waals surface area contributed by atoms with E-state index in [2.05, 4.69) is 10.6 Å². The maximum absolute atomic E-state index is 12.0. The molecule has 0 aliphatic carbocycles. The minimum atomic E-state index is -1.66. The molecule has 6 N–H and O–H groups in total. The van der Waals surface area contributed by atoms with Crippen molar-refractivity contribution >= 4 is 35.8 Å². The molecule has 0 radical (unpaired) electrons. The van der Waals surface area contributed by atoms with E-state index in [-0.39, 0.29) is 19.6 Å². The van der Waals surface area contributed by atoms with Gasteiger partial charge in [-0.2, -0.15) is 0 Å². The number of alkyl carbamates (subject to hydrolysis) is 1. The average Bonchev–Trinajstić information content (AvgIpc) is 2.75. The maximum atomic E-state index is 12.0. The number of amides is 3. The number of carboxylic acids is 3. The van der Waals surface area contributed by atoms with Crippen LogP contribution in [0, 0.1) is 0 Å². The van der Waals surface area contributed by atoms with Crippen LogP contribution in [0.2, 0.25) is 0 Å². The molecular formula is C20H25N3O10. The highest BCUT2D eigenvalue weighted by atomic mass is 16.5. The number of rotatable bonds is 14. The standard InChI is InChI=1S/C20H25N3O10/c24-15(8-9-21-20(32)33-11-12-4-2-1-3-5-12)23-14(19(30)31)10-16(25)22-13(18(28)29)6-7-17(26)27/h1-5,13-14H,6-11H2,(H,21,32)(H,22,25)(H,23,24)(H,26,27)(H,28,29)(H,30,31)/t13-,14+/m0/s1. The molecule has 0 aliphatic rings. The largest absolute Gasteiger partial charge is 0.481 e. The van der Waals surface area contributed by atoms with Crippen molar-refractivity contribution in [3.05, 3.63) is 35.9 Å². The fourth-order valence-corrected chi connectivity index (χ4v) is 2.48. The van der Waals surface area contributed by atoms with Crippen molar-refractivity contribution in [2.24, 2.45) is 0 Å². The molecule has 3 amide bonds. The number of carbonyl (C=O) groups is 6. The first-order valence-electron chi connectivity index (χ1n) is 9.79. The summed E-state index contributed by atoms with van der Waals surface area (Å²) in [5, 5.41) is 33.3. The van der Waals surface area contributed by atoms with Crippen LogP contribution < -0.4 is 16.0 Å². The molecule has 0 saturated carbocycles. The first-order chi connectivity index (χ1) is 15.6. The molecule has 13 heteroatoms. The Bertz CT molecular complexity index is 859. The van der Waals surface area contributed by atoms with Gasteiger partial charge in [-0.25, -0.2) is 14.4 Å². The molecule has 180 valence electrons. The number of hydrogen-bond acceptors (Lipinski definition) is 7. The minimum Gasteiger partial charge on any atom is -0.481 e. The van der Waals surface area contributed by atoms with Crippen LogP contribution >= 0.6 is 0 Å². The Balaban J connectivity index is 2.42. The van der Waals surface area contributed by atoms with E-state index in [1.807, 2.05) is 5.32 Å². The molecule has 0 aromatic heterocycles. The Morgan fingerprint density at radius 3 is 2.00 bits per heavy atom. The van der Waals surface area contributed by atoms with E-state index in [4.69, 9.17) is 14.9 Å². The summed E-state index contributed by atoms with van der Waals surface area (Å²) in [5.41, 5.74) is 0.765. The summed E-state index contributed by atoms with van der Waals surface area (Å²) in [7, 11) is 0. The quantitative estimate of drug-likeness (QED) is 0.210. The van der Waals surface area contributed by atoms with Crippen molar-refractivity contribution < 1.29 is 48.8 Å². The van der Waals surface area contributed by atoms with Gasteiger partial charge in [-0.3, -0.25) is 14.4 Å². The van der Waals surface area contributed by atoms with Gasteiger partial charge in [-0.1, -0.05) is 30.3 Å². The second-order valence-corrected chi connectivity index (χ2v) is 6.79. The van der Waals surface area contributed by atoms with Gasteiger partial charge in [0, 0.05) is 19.4 Å². The average molecular weight is 467 g/mol. The molecular weight excluding hydrogens is 442 g/mol. The van der Waals surface area contributed by atoms with E-state index in [1.165, 1.54) is 0 Å². The van der Waals surface area contributed by atoms with Crippen LogP contribution in [0.25, 0.3) is 0 Å². The summed E-state index contributed by atoms with van der Waals surface area (Å²) in [6, 6.07) is 5.69. The minimum absolute atomic E-state index is 0.0267. The first-order valence-corrected chi connectivity index (χ1v) is 9.79. The second-order valence-electron chi connectivity index (χ2n) is 6.79. The Hall–Kier alpha value is -4.16. The number of carboxylic acid groups (broad SMARTS) is 3. The Kier molecular flexibility index (Phi) is 11.4. The normalized spacial score (nSPS) is 12.0. The van der Waals surface area contributed by atoms with Crippen LogP contribution in [0.5, 0.6) is 0 Å². The van der Waals surface area contributed by atoms with E-state index < -0.39 is 67.2 Å². The fourth-order valence-electron chi connectivity index (χ4n) is 2.48. The fraction of sp³-hybridized carbons (Fsp3) is 0.400. The summed E-state index contributed by atoms with van der Waals surface area (Å²) in [4.78, 5) is 68.6. The lowest BCUT2D eigenvalue weighted by Crippen LogP contribution is -2.47. The van der Waals surface area contributed by atoms with Gasteiger partial charge in [0.15, 0.2) is 0 Å². The van der Waals surface area contributed by atoms with Crippen LogP contribution in [0.4, 0.5) is 4.79 Å². The van der Waals surface area contributed by atoms with E-state index in [0.717, 1.165) is 5.56 Å². The molecule has 1 aromatic carbocycles. The Labute approximate surface area is 188 Å². The van der Waals surface area contributed by atoms with Crippen LogP contribution in [-0.2, 0) is 35.3 Å². The van der Waals surface area contributed by atoms with E-state index in [9.17, 15) is 33.9 Å². The molecule has 0 bridgehead atoms. The van der Waals surface area contributed by atoms with Gasteiger partial charge in [0.25, 0.3) is 0 Å². The van der Waals surface area contributed by atoms with E-state index >= 15 is 0 Å². The van der Waals surface area contributed by atoms with Crippen molar-refractivity contribution in [3.8, 4) is 0 Å². The molecule has 1 rings (SSSR count). The van der Waals surface area contributed by atoms with E-state index in [0.29, 0.717) is 0 Å². The van der Waals surface area contributed by atoms with Crippen LogP contribution in [0.1, 0.15) is 31.2 Å². The smallest absolute Gasteiger partial charge is 0.407 e. The number of aliphatic carboxylic acids is 3. The third-order valence-corrected chi connectivity index (χ3v) is 4.14. The molecule has 33 heavy (non-hydrogen) atoms. The molecule has 0 aliphatic heterocycles. The monoisotopic (exact) mass is 467 g/mol. The summed E-state index contributed by atoms with van der Waals surface area (Å²) >= 11 is 0. The number of benzene rings is 1. The van der Waals surface area contributed by atoms with E-state index in [1.54, 1.807) is 30.3 Å². The lowest BCUT2D eigenvalue weighted by atomic mass is 10.1. The lowest BCUT2D eigenvalue weighted by Gasteiger charge is -2.17. The van der Waals surface area contributed by atoms with Crippen molar-refractivity contribution in [1.82, 2.24) is 16.0 Å². The number of carbonyl (C=O) groups excluding carboxylic acids is 3. The van der Waals surface area contributed by atoms with Crippen molar-refractivity contribution in [1.29, 1.82) is 0 Å². The third kappa shape index (κ3) is 11.7.